The van der Waals surface area contributed by atoms with Gasteiger partial charge in [0, 0.05) is 48.2 Å². The molecule has 0 spiro atoms. The summed E-state index contributed by atoms with van der Waals surface area (Å²) >= 11 is 2.08. The van der Waals surface area contributed by atoms with E-state index in [-0.39, 0.29) is 0 Å². The van der Waals surface area contributed by atoms with Gasteiger partial charge in [-0.05, 0) is 31.9 Å². The fraction of sp³-hybridized carbons (Fsp3) is 0.500. The molecular formula is C20H26N4S. The molecule has 0 bridgehead atoms. The summed E-state index contributed by atoms with van der Waals surface area (Å²) in [6.45, 7) is 4.20. The monoisotopic (exact) mass is 354 g/mol. The van der Waals surface area contributed by atoms with Crippen molar-refractivity contribution in [3.05, 3.63) is 42.1 Å². The number of piperidine rings is 1. The minimum atomic E-state index is 0.663. The molecule has 1 atom stereocenters. The van der Waals surface area contributed by atoms with Gasteiger partial charge in [0.1, 0.15) is 5.82 Å². The van der Waals surface area contributed by atoms with Crippen LogP contribution in [0, 0.1) is 6.92 Å². The van der Waals surface area contributed by atoms with Gasteiger partial charge in [-0.2, -0.15) is 11.8 Å². The lowest BCUT2D eigenvalue weighted by Crippen LogP contribution is -2.46. The van der Waals surface area contributed by atoms with Crippen LogP contribution < -0.4 is 10.2 Å². The van der Waals surface area contributed by atoms with E-state index in [4.69, 9.17) is 4.98 Å². The molecule has 0 saturated carbocycles. The minimum Gasteiger partial charge on any atom is -0.356 e. The van der Waals surface area contributed by atoms with Crippen LogP contribution in [-0.2, 0) is 0 Å². The van der Waals surface area contributed by atoms with Crippen LogP contribution in [0.4, 0.5) is 5.82 Å². The number of aryl methyl sites for hydroxylation is 1. The Labute approximate surface area is 154 Å². The minimum absolute atomic E-state index is 0.663. The van der Waals surface area contributed by atoms with E-state index in [1.807, 2.05) is 18.2 Å². The molecule has 0 radical (unpaired) electrons. The summed E-state index contributed by atoms with van der Waals surface area (Å²) in [6, 6.07) is 13.8. The van der Waals surface area contributed by atoms with Gasteiger partial charge in [-0.25, -0.2) is 9.97 Å². The molecule has 4 nitrogen and oxygen atoms in total. The third-order valence-corrected chi connectivity index (χ3v) is 6.26. The highest BCUT2D eigenvalue weighted by Gasteiger charge is 2.24. The van der Waals surface area contributed by atoms with E-state index in [0.29, 0.717) is 6.04 Å². The Balaban J connectivity index is 1.43. The number of hydrogen-bond acceptors (Lipinski definition) is 5. The number of anilines is 1. The summed E-state index contributed by atoms with van der Waals surface area (Å²) in [4.78, 5) is 11.9. The standard InChI is InChI=1S/C20H26N4S/c1-15-13-19(23-20(21-15)16-5-3-2-4-6-16)24-10-7-17(8-11-24)22-18-9-12-25-14-18/h2-6,13,17-18,22H,7-12,14H2,1H3. The Morgan fingerprint density at radius 3 is 2.56 bits per heavy atom. The summed E-state index contributed by atoms with van der Waals surface area (Å²) in [5.74, 6) is 4.50. The average molecular weight is 355 g/mol. The summed E-state index contributed by atoms with van der Waals surface area (Å²) in [6.07, 6.45) is 3.73. The molecule has 2 aliphatic heterocycles. The average Bonchev–Trinajstić information content (AvgIpc) is 3.16. The Morgan fingerprint density at radius 2 is 1.84 bits per heavy atom. The topological polar surface area (TPSA) is 41.0 Å². The van der Waals surface area contributed by atoms with Crippen molar-refractivity contribution in [1.29, 1.82) is 0 Å². The van der Waals surface area contributed by atoms with Crippen molar-refractivity contribution in [1.82, 2.24) is 15.3 Å². The molecule has 1 N–H and O–H groups in total. The Morgan fingerprint density at radius 1 is 1.04 bits per heavy atom. The zero-order valence-electron chi connectivity index (χ0n) is 14.8. The normalized spacial score (nSPS) is 21.6. The summed E-state index contributed by atoms with van der Waals surface area (Å²) in [5.41, 5.74) is 2.12. The first-order chi connectivity index (χ1) is 12.3. The molecule has 1 aromatic heterocycles. The Bertz CT molecular complexity index is 692. The smallest absolute Gasteiger partial charge is 0.161 e. The van der Waals surface area contributed by atoms with E-state index in [0.717, 1.165) is 42.0 Å². The van der Waals surface area contributed by atoms with Crippen LogP contribution in [0.25, 0.3) is 11.4 Å². The number of nitrogens with one attached hydrogen (secondary N) is 1. The van der Waals surface area contributed by atoms with E-state index in [9.17, 15) is 0 Å². The lowest BCUT2D eigenvalue weighted by Gasteiger charge is -2.34. The van der Waals surface area contributed by atoms with Crippen molar-refractivity contribution < 1.29 is 0 Å². The van der Waals surface area contributed by atoms with E-state index in [1.165, 1.54) is 30.8 Å². The van der Waals surface area contributed by atoms with Crippen LogP contribution >= 0.6 is 11.8 Å². The SMILES string of the molecule is Cc1cc(N2CCC(NC3CCSC3)CC2)nc(-c2ccccc2)n1. The molecule has 25 heavy (non-hydrogen) atoms. The highest BCUT2D eigenvalue weighted by atomic mass is 32.2. The highest BCUT2D eigenvalue weighted by molar-refractivity contribution is 7.99. The number of benzene rings is 1. The summed E-state index contributed by atoms with van der Waals surface area (Å²) in [5, 5.41) is 3.86. The number of nitrogens with zero attached hydrogens (tertiary/aromatic N) is 3. The molecule has 132 valence electrons. The lowest BCUT2D eigenvalue weighted by molar-refractivity contribution is 0.378. The number of rotatable bonds is 4. The molecule has 2 aromatic rings. The maximum atomic E-state index is 4.85. The molecule has 3 heterocycles. The number of thioether (sulfide) groups is 1. The molecule has 0 amide bonds. The Kier molecular flexibility index (Phi) is 5.22. The van der Waals surface area contributed by atoms with Crippen molar-refractivity contribution in [3.63, 3.8) is 0 Å². The highest BCUT2D eigenvalue weighted by Crippen LogP contribution is 2.24. The molecular weight excluding hydrogens is 328 g/mol. The maximum Gasteiger partial charge on any atom is 0.161 e. The molecule has 2 saturated heterocycles. The number of aromatic nitrogens is 2. The van der Waals surface area contributed by atoms with Gasteiger partial charge in [0.05, 0.1) is 0 Å². The quantitative estimate of drug-likeness (QED) is 0.910. The largest absolute Gasteiger partial charge is 0.356 e. The van der Waals surface area contributed by atoms with Crippen molar-refractivity contribution in [2.24, 2.45) is 0 Å². The van der Waals surface area contributed by atoms with Crippen LogP contribution in [0.15, 0.2) is 36.4 Å². The second-order valence-corrected chi connectivity index (χ2v) is 8.20. The van der Waals surface area contributed by atoms with Crippen molar-refractivity contribution >= 4 is 17.6 Å². The summed E-state index contributed by atoms with van der Waals surface area (Å²) in [7, 11) is 0. The predicted octanol–water partition coefficient (Wildman–Crippen LogP) is 3.52. The lowest BCUT2D eigenvalue weighted by atomic mass is 10.0. The predicted molar refractivity (Wildman–Crippen MR) is 106 cm³/mol. The first kappa shape index (κ1) is 16.9. The van der Waals surface area contributed by atoms with E-state index in [1.54, 1.807) is 0 Å². The summed E-state index contributed by atoms with van der Waals surface area (Å²) < 4.78 is 0. The fourth-order valence-electron chi connectivity index (χ4n) is 3.70. The number of hydrogen-bond donors (Lipinski definition) is 1. The van der Waals surface area contributed by atoms with Crippen molar-refractivity contribution in [3.8, 4) is 11.4 Å². The van der Waals surface area contributed by atoms with E-state index < -0.39 is 0 Å². The van der Waals surface area contributed by atoms with Gasteiger partial charge < -0.3 is 10.2 Å². The van der Waals surface area contributed by atoms with E-state index >= 15 is 0 Å². The molecule has 1 aromatic carbocycles. The van der Waals surface area contributed by atoms with Crippen LogP contribution in [0.5, 0.6) is 0 Å². The van der Waals surface area contributed by atoms with Crippen LogP contribution in [-0.4, -0.2) is 46.6 Å². The van der Waals surface area contributed by atoms with Gasteiger partial charge in [0.25, 0.3) is 0 Å². The van der Waals surface area contributed by atoms with Gasteiger partial charge in [-0.15, -0.1) is 0 Å². The molecule has 1 unspecified atom stereocenters. The zero-order chi connectivity index (χ0) is 17.1. The van der Waals surface area contributed by atoms with E-state index in [2.05, 4.69) is 52.1 Å². The van der Waals surface area contributed by atoms with Crippen LogP contribution in [0.1, 0.15) is 25.0 Å². The Hall–Kier alpha value is -1.59. The zero-order valence-corrected chi connectivity index (χ0v) is 15.6. The molecule has 0 aliphatic carbocycles. The fourth-order valence-corrected chi connectivity index (χ4v) is 4.87. The van der Waals surface area contributed by atoms with Gasteiger partial charge in [-0.3, -0.25) is 0 Å². The third-order valence-electron chi connectivity index (χ3n) is 5.09. The van der Waals surface area contributed by atoms with Crippen molar-refractivity contribution in [2.45, 2.75) is 38.3 Å². The first-order valence-electron chi connectivity index (χ1n) is 9.28. The molecule has 2 fully saturated rings. The van der Waals surface area contributed by atoms with Crippen LogP contribution in [0.3, 0.4) is 0 Å². The van der Waals surface area contributed by atoms with Gasteiger partial charge >= 0.3 is 0 Å². The van der Waals surface area contributed by atoms with Crippen molar-refractivity contribution in [2.75, 3.05) is 29.5 Å². The maximum absolute atomic E-state index is 4.85. The second kappa shape index (κ2) is 7.75. The van der Waals surface area contributed by atoms with Gasteiger partial charge in [-0.1, -0.05) is 30.3 Å². The van der Waals surface area contributed by atoms with Gasteiger partial charge in [0.15, 0.2) is 5.82 Å². The molecule has 4 rings (SSSR count). The second-order valence-electron chi connectivity index (χ2n) is 7.05. The molecule has 2 aliphatic rings. The first-order valence-corrected chi connectivity index (χ1v) is 10.4. The molecule has 5 heteroatoms. The van der Waals surface area contributed by atoms with Gasteiger partial charge in [0.2, 0.25) is 0 Å². The third kappa shape index (κ3) is 4.15. The van der Waals surface area contributed by atoms with Crippen LogP contribution in [0.2, 0.25) is 0 Å².